The Bertz CT molecular complexity index is 1400. The highest BCUT2D eigenvalue weighted by Crippen LogP contribution is 2.32. The minimum atomic E-state index is -4.26. The van der Waals surface area contributed by atoms with Gasteiger partial charge in [0.25, 0.3) is 5.52 Å². The highest BCUT2D eigenvalue weighted by atomic mass is 32.2. The molecule has 0 bridgehead atoms. The summed E-state index contributed by atoms with van der Waals surface area (Å²) in [7, 11) is -4.26. The van der Waals surface area contributed by atoms with Gasteiger partial charge in [-0.3, -0.25) is 4.79 Å². The lowest BCUT2D eigenvalue weighted by atomic mass is 10.1. The molecule has 0 aliphatic carbocycles. The van der Waals surface area contributed by atoms with E-state index in [-0.39, 0.29) is 12.8 Å². The Labute approximate surface area is 185 Å². The van der Waals surface area contributed by atoms with Crippen LogP contribution in [0, 0.1) is 6.92 Å². The van der Waals surface area contributed by atoms with Gasteiger partial charge in [-0.25, -0.2) is 8.42 Å². The van der Waals surface area contributed by atoms with E-state index in [2.05, 4.69) is 10.6 Å². The number of nitrogens with zero attached hydrogens (tertiary/aromatic N) is 2. The number of aromatic nitrogens is 2. The Morgan fingerprint density at radius 1 is 1.09 bits per heavy atom. The highest BCUT2D eigenvalue weighted by Gasteiger charge is 2.22. The molecule has 0 saturated carbocycles. The molecule has 0 fully saturated rings. The maximum Gasteiger partial charge on any atom is 0.344 e. The molecule has 1 N–H and O–H groups in total. The Balaban J connectivity index is 1.70. The van der Waals surface area contributed by atoms with Crippen LogP contribution in [0.5, 0.6) is 0 Å². The summed E-state index contributed by atoms with van der Waals surface area (Å²) in [4.78, 5) is 10.7. The monoisotopic (exact) mass is 458 g/mol. The zero-order valence-electron chi connectivity index (χ0n) is 17.9. The average Bonchev–Trinajstić information content (AvgIpc) is 3.19. The van der Waals surface area contributed by atoms with Crippen molar-refractivity contribution in [2.24, 2.45) is 0 Å². The predicted molar refractivity (Wildman–Crippen MR) is 119 cm³/mol. The van der Waals surface area contributed by atoms with E-state index in [4.69, 9.17) is 9.52 Å². The number of carboxylic acid groups (broad SMARTS) is 1. The zero-order chi connectivity index (χ0) is 22.9. The lowest BCUT2D eigenvalue weighted by Gasteiger charge is -2.09. The van der Waals surface area contributed by atoms with Crippen molar-refractivity contribution in [1.29, 1.82) is 0 Å². The standard InChI is InChI=1S/C23H26N2O6S/c1-16-24(11-6-2-3-10-23(26)27)21-14-18-17-8-4-5-9-19(17)25(12-7-13-32(28,29)30)20(18)15-22(21)31-16/h4-5,8-9,14-15H,2-3,6-7,10-13H2,1H3,(H-,26,27,28,29,30). The number of unbranched alkanes of at least 4 members (excludes halogenated alkanes) is 2. The molecular weight excluding hydrogens is 432 g/mol. The van der Waals surface area contributed by atoms with E-state index < -0.39 is 21.8 Å². The van der Waals surface area contributed by atoms with Crippen LogP contribution in [-0.2, 0) is 28.0 Å². The second-order valence-electron chi connectivity index (χ2n) is 8.10. The molecule has 0 spiro atoms. The van der Waals surface area contributed by atoms with Gasteiger partial charge in [-0.1, -0.05) is 18.2 Å². The summed E-state index contributed by atoms with van der Waals surface area (Å²) in [6, 6.07) is 12.0. The third-order valence-corrected chi connectivity index (χ3v) is 6.62. The van der Waals surface area contributed by atoms with Crippen LogP contribution in [0.15, 0.2) is 40.8 Å². The fraction of sp³-hybridized carbons (Fsp3) is 0.391. The molecule has 170 valence electrons. The van der Waals surface area contributed by atoms with Gasteiger partial charge in [0.2, 0.25) is 5.58 Å². The van der Waals surface area contributed by atoms with E-state index >= 15 is 0 Å². The first-order valence-electron chi connectivity index (χ1n) is 10.7. The molecule has 4 aromatic rings. The second-order valence-corrected chi connectivity index (χ2v) is 9.62. The minimum absolute atomic E-state index is 0.184. The molecule has 0 saturated heterocycles. The number of carboxylic acids is 1. The summed E-state index contributed by atoms with van der Waals surface area (Å²) in [6.45, 7) is 3.07. The Hall–Kier alpha value is -2.91. The third kappa shape index (κ3) is 4.63. The smallest absolute Gasteiger partial charge is 0.344 e. The third-order valence-electron chi connectivity index (χ3n) is 5.83. The van der Waals surface area contributed by atoms with Gasteiger partial charge in [0, 0.05) is 53.6 Å². The number of benzene rings is 2. The predicted octanol–water partition coefficient (Wildman–Crippen LogP) is 3.72. The molecule has 9 heteroatoms. The quantitative estimate of drug-likeness (QED) is 0.220. The van der Waals surface area contributed by atoms with E-state index in [1.807, 2.05) is 41.8 Å². The average molecular weight is 459 g/mol. The topological polar surface area (TPSA) is 116 Å². The van der Waals surface area contributed by atoms with Crippen molar-refractivity contribution in [3.63, 3.8) is 0 Å². The summed E-state index contributed by atoms with van der Waals surface area (Å²) >= 11 is 0. The van der Waals surface area contributed by atoms with Crippen LogP contribution in [0.1, 0.15) is 38.0 Å². The molecule has 0 aliphatic rings. The van der Waals surface area contributed by atoms with Crippen molar-refractivity contribution < 1.29 is 31.9 Å². The van der Waals surface area contributed by atoms with Gasteiger partial charge in [0.05, 0.1) is 22.6 Å². The number of rotatable bonds is 10. The Morgan fingerprint density at radius 2 is 1.88 bits per heavy atom. The van der Waals surface area contributed by atoms with Gasteiger partial charge in [-0.05, 0) is 25.3 Å². The van der Waals surface area contributed by atoms with Crippen LogP contribution >= 0.6 is 0 Å². The van der Waals surface area contributed by atoms with Crippen molar-refractivity contribution in [2.45, 2.75) is 52.1 Å². The number of hydrogen-bond acceptors (Lipinski definition) is 5. The van der Waals surface area contributed by atoms with Crippen LogP contribution < -0.4 is 4.57 Å². The van der Waals surface area contributed by atoms with Crippen molar-refractivity contribution in [2.75, 3.05) is 5.75 Å². The van der Waals surface area contributed by atoms with Crippen LogP contribution in [-0.4, -0.2) is 34.4 Å². The molecule has 0 aliphatic heterocycles. The summed E-state index contributed by atoms with van der Waals surface area (Å²) in [6.07, 6.45) is 2.77. The van der Waals surface area contributed by atoms with Crippen LogP contribution in [0.2, 0.25) is 0 Å². The van der Waals surface area contributed by atoms with Gasteiger partial charge >= 0.3 is 11.9 Å². The van der Waals surface area contributed by atoms with Gasteiger partial charge in [0.15, 0.2) is 6.54 Å². The first-order valence-corrected chi connectivity index (χ1v) is 12.3. The molecule has 0 amide bonds. The molecule has 2 aromatic carbocycles. The molecule has 32 heavy (non-hydrogen) atoms. The fourth-order valence-electron chi connectivity index (χ4n) is 4.38. The van der Waals surface area contributed by atoms with Crippen LogP contribution in [0.25, 0.3) is 32.9 Å². The van der Waals surface area contributed by atoms with Gasteiger partial charge in [-0.15, -0.1) is 0 Å². The van der Waals surface area contributed by atoms with Crippen molar-refractivity contribution >= 4 is 49.0 Å². The van der Waals surface area contributed by atoms with E-state index in [0.717, 1.165) is 58.2 Å². The maximum absolute atomic E-state index is 11.1. The zero-order valence-corrected chi connectivity index (χ0v) is 18.7. The molecule has 2 aromatic heterocycles. The van der Waals surface area contributed by atoms with E-state index in [0.29, 0.717) is 13.0 Å². The van der Waals surface area contributed by atoms with Gasteiger partial charge in [0.1, 0.15) is 0 Å². The van der Waals surface area contributed by atoms with Crippen molar-refractivity contribution in [1.82, 2.24) is 4.57 Å². The van der Waals surface area contributed by atoms with Crippen LogP contribution in [0.4, 0.5) is 0 Å². The fourth-order valence-corrected chi connectivity index (χ4v) is 4.86. The molecule has 2 heterocycles. The number of aliphatic carboxylic acids is 1. The molecular formula is C23H26N2O6S. The van der Waals surface area contributed by atoms with E-state index in [1.54, 1.807) is 0 Å². The summed E-state index contributed by atoms with van der Waals surface area (Å²) in [5.41, 5.74) is 3.62. The molecule has 0 atom stereocenters. The SMILES string of the molecule is Cc1oc2cc3c(cc2[n+]1CCCCCC(=O)O)c1ccccc1n3CCCS(=O)(=O)[O-]. The minimum Gasteiger partial charge on any atom is -0.748 e. The van der Waals surface area contributed by atoms with E-state index in [9.17, 15) is 17.8 Å². The number of carbonyl (C=O) groups is 1. The van der Waals surface area contributed by atoms with Gasteiger partial charge < -0.3 is 18.6 Å². The summed E-state index contributed by atoms with van der Waals surface area (Å²) in [5.74, 6) is -0.390. The molecule has 8 nitrogen and oxygen atoms in total. The second kappa shape index (κ2) is 8.91. The lowest BCUT2D eigenvalue weighted by Crippen LogP contribution is -2.35. The maximum atomic E-state index is 11.1. The lowest BCUT2D eigenvalue weighted by molar-refractivity contribution is -0.683. The molecule has 4 rings (SSSR count). The first-order chi connectivity index (χ1) is 15.2. The van der Waals surface area contributed by atoms with Crippen LogP contribution in [0.3, 0.4) is 0 Å². The largest absolute Gasteiger partial charge is 0.748 e. The number of aryl methyl sites for hydroxylation is 3. The normalized spacial score (nSPS) is 12.3. The summed E-state index contributed by atoms with van der Waals surface area (Å²) < 4.78 is 43.3. The van der Waals surface area contributed by atoms with Crippen molar-refractivity contribution in [3.8, 4) is 0 Å². The number of hydrogen-bond donors (Lipinski definition) is 1. The highest BCUT2D eigenvalue weighted by molar-refractivity contribution is 7.85. The molecule has 0 radical (unpaired) electrons. The number of oxazole rings is 1. The summed E-state index contributed by atoms with van der Waals surface area (Å²) in [5, 5.41) is 10.9. The Kier molecular flexibility index (Phi) is 6.21. The Morgan fingerprint density at radius 3 is 2.62 bits per heavy atom. The number of fused-ring (bicyclic) bond motifs is 4. The van der Waals surface area contributed by atoms with Crippen molar-refractivity contribution in [3.05, 3.63) is 42.3 Å². The first kappa shape index (κ1) is 22.3. The number of para-hydroxylation sites is 1. The van der Waals surface area contributed by atoms with E-state index in [1.165, 1.54) is 0 Å². The van der Waals surface area contributed by atoms with Gasteiger partial charge in [-0.2, -0.15) is 4.57 Å². The molecule has 0 unspecified atom stereocenters.